The Hall–Kier alpha value is -0.610. The summed E-state index contributed by atoms with van der Waals surface area (Å²) in [5, 5.41) is 3.29. The third-order valence-corrected chi connectivity index (χ3v) is 3.38. The predicted molar refractivity (Wildman–Crippen MR) is 60.9 cm³/mol. The second-order valence-electron chi connectivity index (χ2n) is 3.70. The lowest BCUT2D eigenvalue weighted by Crippen LogP contribution is -2.09. The molecule has 82 valence electrons. The number of hydrogen-bond acceptors (Lipinski definition) is 2. The molecule has 0 bridgehead atoms. The van der Waals surface area contributed by atoms with Crippen LogP contribution < -0.4 is 10.1 Å². The normalized spacial score (nSPS) is 20.6. The van der Waals surface area contributed by atoms with Crippen LogP contribution in [-0.4, -0.2) is 20.2 Å². The van der Waals surface area contributed by atoms with Gasteiger partial charge >= 0.3 is 0 Å². The van der Waals surface area contributed by atoms with Crippen LogP contribution >= 0.6 is 15.9 Å². The Morgan fingerprint density at radius 1 is 1.53 bits per heavy atom. The first-order valence-electron chi connectivity index (χ1n) is 4.96. The van der Waals surface area contributed by atoms with E-state index in [1.807, 2.05) is 6.07 Å². The van der Waals surface area contributed by atoms with Gasteiger partial charge in [0.25, 0.3) is 0 Å². The van der Waals surface area contributed by atoms with Gasteiger partial charge in [0.15, 0.2) is 0 Å². The summed E-state index contributed by atoms with van der Waals surface area (Å²) < 4.78 is 19.0. The van der Waals surface area contributed by atoms with Crippen molar-refractivity contribution in [3.63, 3.8) is 0 Å². The molecule has 2 nitrogen and oxygen atoms in total. The Kier molecular flexibility index (Phi) is 3.26. The fraction of sp³-hybridized carbons (Fsp3) is 0.455. The van der Waals surface area contributed by atoms with Crippen LogP contribution in [0, 0.1) is 5.82 Å². The molecule has 1 aliphatic heterocycles. The van der Waals surface area contributed by atoms with Crippen molar-refractivity contribution in [1.29, 1.82) is 0 Å². The van der Waals surface area contributed by atoms with Crippen molar-refractivity contribution in [3.8, 4) is 5.75 Å². The lowest BCUT2D eigenvalue weighted by molar-refractivity contribution is 0.402. The van der Waals surface area contributed by atoms with Gasteiger partial charge in [0.2, 0.25) is 0 Å². The van der Waals surface area contributed by atoms with Crippen LogP contribution in [0.15, 0.2) is 16.6 Å². The van der Waals surface area contributed by atoms with E-state index in [1.165, 1.54) is 6.07 Å². The van der Waals surface area contributed by atoms with Gasteiger partial charge in [0.1, 0.15) is 11.6 Å². The smallest absolute Gasteiger partial charge is 0.141 e. The predicted octanol–water partition coefficient (Wildman–Crippen LogP) is 2.67. The average Bonchev–Trinajstić information content (AvgIpc) is 2.74. The summed E-state index contributed by atoms with van der Waals surface area (Å²) >= 11 is 3.21. The number of rotatable bonds is 2. The van der Waals surface area contributed by atoms with Crippen LogP contribution in [-0.2, 0) is 0 Å². The average molecular weight is 274 g/mol. The van der Waals surface area contributed by atoms with Crippen molar-refractivity contribution < 1.29 is 9.13 Å². The van der Waals surface area contributed by atoms with E-state index < -0.39 is 0 Å². The molecule has 1 atom stereocenters. The van der Waals surface area contributed by atoms with Crippen molar-refractivity contribution >= 4 is 15.9 Å². The molecule has 1 aromatic rings. The van der Waals surface area contributed by atoms with E-state index in [-0.39, 0.29) is 5.82 Å². The van der Waals surface area contributed by atoms with Gasteiger partial charge in [-0.3, -0.25) is 0 Å². The van der Waals surface area contributed by atoms with Crippen LogP contribution in [0.5, 0.6) is 5.75 Å². The molecule has 1 heterocycles. The Balaban J connectivity index is 2.39. The quantitative estimate of drug-likeness (QED) is 0.895. The van der Waals surface area contributed by atoms with E-state index in [0.29, 0.717) is 16.1 Å². The highest BCUT2D eigenvalue weighted by atomic mass is 79.9. The van der Waals surface area contributed by atoms with E-state index in [1.54, 1.807) is 7.11 Å². The summed E-state index contributed by atoms with van der Waals surface area (Å²) in [6.07, 6.45) is 1.08. The van der Waals surface area contributed by atoms with Gasteiger partial charge < -0.3 is 10.1 Å². The molecule has 2 rings (SSSR count). The fourth-order valence-electron chi connectivity index (χ4n) is 1.96. The molecule has 1 N–H and O–H groups in total. The van der Waals surface area contributed by atoms with E-state index in [0.717, 1.165) is 25.1 Å². The highest BCUT2D eigenvalue weighted by Crippen LogP contribution is 2.34. The molecule has 0 saturated carbocycles. The van der Waals surface area contributed by atoms with E-state index in [9.17, 15) is 4.39 Å². The Morgan fingerprint density at radius 3 is 2.93 bits per heavy atom. The first-order valence-corrected chi connectivity index (χ1v) is 5.75. The second-order valence-corrected chi connectivity index (χ2v) is 4.55. The Bertz CT molecular complexity index is 364. The molecule has 0 amide bonds. The van der Waals surface area contributed by atoms with E-state index in [2.05, 4.69) is 21.2 Å². The Morgan fingerprint density at radius 2 is 2.33 bits per heavy atom. The van der Waals surface area contributed by atoms with Gasteiger partial charge in [-0.15, -0.1) is 0 Å². The molecular formula is C11H13BrFNO. The summed E-state index contributed by atoms with van der Waals surface area (Å²) in [7, 11) is 1.58. The maximum absolute atomic E-state index is 13.3. The molecule has 1 fully saturated rings. The highest BCUT2D eigenvalue weighted by molar-refractivity contribution is 9.10. The van der Waals surface area contributed by atoms with Gasteiger partial charge in [0, 0.05) is 18.5 Å². The summed E-state index contributed by atoms with van der Waals surface area (Å²) in [5.41, 5.74) is 1.08. The third-order valence-electron chi connectivity index (χ3n) is 2.77. The minimum Gasteiger partial charge on any atom is -0.496 e. The third kappa shape index (κ3) is 2.16. The van der Waals surface area contributed by atoms with Crippen molar-refractivity contribution in [3.05, 3.63) is 28.0 Å². The van der Waals surface area contributed by atoms with Crippen molar-refractivity contribution in [2.75, 3.05) is 20.2 Å². The molecule has 0 spiro atoms. The van der Waals surface area contributed by atoms with Gasteiger partial charge in [0.05, 0.1) is 11.6 Å². The standard InChI is InChI=1S/C11H13BrFNO/c1-15-11-5-10(13)9(12)4-8(11)7-2-3-14-6-7/h4-5,7,14H,2-3,6H2,1H3. The molecule has 0 aliphatic carbocycles. The largest absolute Gasteiger partial charge is 0.496 e. The van der Waals surface area contributed by atoms with Crippen LogP contribution in [0.4, 0.5) is 4.39 Å². The zero-order valence-corrected chi connectivity index (χ0v) is 10.1. The molecule has 1 aromatic carbocycles. The van der Waals surface area contributed by atoms with E-state index >= 15 is 0 Å². The Labute approximate surface area is 96.9 Å². The van der Waals surface area contributed by atoms with Gasteiger partial charge in [-0.2, -0.15) is 0 Å². The monoisotopic (exact) mass is 273 g/mol. The maximum Gasteiger partial charge on any atom is 0.141 e. The molecular weight excluding hydrogens is 261 g/mol. The molecule has 1 unspecified atom stereocenters. The minimum absolute atomic E-state index is 0.276. The fourth-order valence-corrected chi connectivity index (χ4v) is 2.32. The second kappa shape index (κ2) is 4.49. The van der Waals surface area contributed by atoms with E-state index in [4.69, 9.17) is 4.74 Å². The molecule has 0 radical (unpaired) electrons. The van der Waals surface area contributed by atoms with Crippen molar-refractivity contribution in [2.24, 2.45) is 0 Å². The number of ether oxygens (including phenoxy) is 1. The number of methoxy groups -OCH3 is 1. The van der Waals surface area contributed by atoms with Crippen LogP contribution in [0.3, 0.4) is 0 Å². The molecule has 15 heavy (non-hydrogen) atoms. The number of hydrogen-bond donors (Lipinski definition) is 1. The molecule has 1 aliphatic rings. The number of halogens is 2. The lowest BCUT2D eigenvalue weighted by atomic mass is 9.97. The van der Waals surface area contributed by atoms with Gasteiger partial charge in [-0.05, 0) is 40.5 Å². The molecule has 0 aromatic heterocycles. The first kappa shape index (κ1) is 10.9. The zero-order chi connectivity index (χ0) is 10.8. The summed E-state index contributed by atoms with van der Waals surface area (Å²) in [4.78, 5) is 0. The summed E-state index contributed by atoms with van der Waals surface area (Å²) in [5.74, 6) is 0.794. The van der Waals surface area contributed by atoms with Gasteiger partial charge in [-0.25, -0.2) is 4.39 Å². The molecule has 4 heteroatoms. The van der Waals surface area contributed by atoms with Crippen molar-refractivity contribution in [1.82, 2.24) is 5.32 Å². The highest BCUT2D eigenvalue weighted by Gasteiger charge is 2.21. The van der Waals surface area contributed by atoms with Crippen LogP contribution in [0.1, 0.15) is 17.9 Å². The summed E-state index contributed by atoms with van der Waals surface area (Å²) in [6, 6.07) is 3.27. The maximum atomic E-state index is 13.3. The van der Waals surface area contributed by atoms with Gasteiger partial charge in [-0.1, -0.05) is 0 Å². The lowest BCUT2D eigenvalue weighted by Gasteiger charge is -2.14. The van der Waals surface area contributed by atoms with Crippen LogP contribution in [0.25, 0.3) is 0 Å². The topological polar surface area (TPSA) is 21.3 Å². The van der Waals surface area contributed by atoms with Crippen LogP contribution in [0.2, 0.25) is 0 Å². The minimum atomic E-state index is -0.276. The zero-order valence-electron chi connectivity index (χ0n) is 8.52. The number of nitrogens with one attached hydrogen (secondary N) is 1. The molecule has 1 saturated heterocycles. The first-order chi connectivity index (χ1) is 7.22. The summed E-state index contributed by atoms with van der Waals surface area (Å²) in [6.45, 7) is 1.96. The van der Waals surface area contributed by atoms with Crippen molar-refractivity contribution in [2.45, 2.75) is 12.3 Å². The number of benzene rings is 1. The SMILES string of the molecule is COc1cc(F)c(Br)cc1C1CCNC1.